The summed E-state index contributed by atoms with van der Waals surface area (Å²) in [5.74, 6) is 0.793. The van der Waals surface area contributed by atoms with Crippen molar-refractivity contribution in [2.24, 2.45) is 4.99 Å². The standard InChI is InChI=1S/C21H13Cl2NO3/c1-12-2-4-13(5-3-12)20-24-18(21(25)27-20)11-15-7-9-19(26-15)16-8-6-14(22)10-17(16)23/h2-11H,1H3/b18-11-. The van der Waals surface area contributed by atoms with Crippen molar-refractivity contribution in [3.8, 4) is 11.3 Å². The summed E-state index contributed by atoms with van der Waals surface area (Å²) in [5.41, 5.74) is 2.74. The van der Waals surface area contributed by atoms with E-state index in [9.17, 15) is 4.79 Å². The summed E-state index contributed by atoms with van der Waals surface area (Å²) in [7, 11) is 0. The molecule has 0 unspecified atom stereocenters. The van der Waals surface area contributed by atoms with Gasteiger partial charge < -0.3 is 9.15 Å². The largest absolute Gasteiger partial charge is 0.457 e. The van der Waals surface area contributed by atoms with Gasteiger partial charge in [0.05, 0.1) is 5.02 Å². The maximum atomic E-state index is 12.1. The third-order valence-electron chi connectivity index (χ3n) is 4.02. The summed E-state index contributed by atoms with van der Waals surface area (Å²) in [6.45, 7) is 1.99. The molecule has 2 heterocycles. The number of carbonyl (C=O) groups excluding carboxylic acids is 1. The van der Waals surface area contributed by atoms with Crippen LogP contribution in [0.4, 0.5) is 0 Å². The van der Waals surface area contributed by atoms with Crippen LogP contribution in [-0.4, -0.2) is 11.9 Å². The highest BCUT2D eigenvalue weighted by atomic mass is 35.5. The third kappa shape index (κ3) is 3.68. The molecule has 2 aromatic carbocycles. The first-order chi connectivity index (χ1) is 13.0. The van der Waals surface area contributed by atoms with Gasteiger partial charge in [-0.05, 0) is 49.4 Å². The molecule has 0 radical (unpaired) electrons. The van der Waals surface area contributed by atoms with E-state index in [0.29, 0.717) is 27.1 Å². The van der Waals surface area contributed by atoms with E-state index in [4.69, 9.17) is 32.4 Å². The third-order valence-corrected chi connectivity index (χ3v) is 4.57. The Morgan fingerprint density at radius 2 is 1.78 bits per heavy atom. The van der Waals surface area contributed by atoms with E-state index in [1.54, 1.807) is 30.3 Å². The number of carbonyl (C=O) groups is 1. The number of hydrogen-bond donors (Lipinski definition) is 0. The van der Waals surface area contributed by atoms with Gasteiger partial charge in [-0.2, -0.15) is 0 Å². The molecule has 0 amide bonds. The molecule has 134 valence electrons. The summed E-state index contributed by atoms with van der Waals surface area (Å²) < 4.78 is 11.0. The number of aryl methyl sites for hydroxylation is 1. The number of rotatable bonds is 3. The monoisotopic (exact) mass is 397 g/mol. The predicted molar refractivity (Wildman–Crippen MR) is 106 cm³/mol. The van der Waals surface area contributed by atoms with E-state index in [0.717, 1.165) is 11.1 Å². The number of benzene rings is 2. The van der Waals surface area contributed by atoms with Gasteiger partial charge in [0.1, 0.15) is 11.5 Å². The molecule has 1 aliphatic heterocycles. The molecule has 0 bridgehead atoms. The van der Waals surface area contributed by atoms with Gasteiger partial charge in [-0.15, -0.1) is 0 Å². The molecule has 0 fully saturated rings. The van der Waals surface area contributed by atoms with E-state index in [1.807, 2.05) is 31.2 Å². The molecule has 0 atom stereocenters. The summed E-state index contributed by atoms with van der Waals surface area (Å²) in [6, 6.07) is 16.2. The first kappa shape index (κ1) is 17.6. The molecule has 4 rings (SSSR count). The Bertz CT molecular complexity index is 1090. The number of nitrogens with zero attached hydrogens (tertiary/aromatic N) is 1. The number of halogens is 2. The molecule has 6 heteroatoms. The molecule has 4 nitrogen and oxygen atoms in total. The van der Waals surface area contributed by atoms with Crippen LogP contribution in [0.25, 0.3) is 17.4 Å². The zero-order chi connectivity index (χ0) is 19.0. The van der Waals surface area contributed by atoms with Gasteiger partial charge in [-0.3, -0.25) is 0 Å². The number of hydrogen-bond acceptors (Lipinski definition) is 4. The Balaban J connectivity index is 1.63. The van der Waals surface area contributed by atoms with Crippen molar-refractivity contribution in [2.75, 3.05) is 0 Å². The Labute approximate surface area is 165 Å². The van der Waals surface area contributed by atoms with Crippen molar-refractivity contribution in [2.45, 2.75) is 6.92 Å². The second-order valence-electron chi connectivity index (χ2n) is 6.03. The minimum Gasteiger partial charge on any atom is -0.457 e. The van der Waals surface area contributed by atoms with Crippen LogP contribution in [0.2, 0.25) is 10.0 Å². The Morgan fingerprint density at radius 1 is 1.00 bits per heavy atom. The highest BCUT2D eigenvalue weighted by molar-refractivity contribution is 6.36. The van der Waals surface area contributed by atoms with Gasteiger partial charge in [-0.25, -0.2) is 9.79 Å². The zero-order valence-electron chi connectivity index (χ0n) is 14.2. The van der Waals surface area contributed by atoms with Crippen molar-refractivity contribution in [3.63, 3.8) is 0 Å². The summed E-state index contributed by atoms with van der Waals surface area (Å²) in [5, 5.41) is 1.03. The normalized spacial score (nSPS) is 15.1. The molecule has 1 aliphatic rings. The molecule has 0 saturated carbocycles. The minimum atomic E-state index is -0.520. The average molecular weight is 398 g/mol. The first-order valence-electron chi connectivity index (χ1n) is 8.14. The molecule has 0 aliphatic carbocycles. The second kappa shape index (κ2) is 7.06. The predicted octanol–water partition coefficient (Wildman–Crippen LogP) is 5.91. The molecule has 0 N–H and O–H groups in total. The lowest BCUT2D eigenvalue weighted by molar-refractivity contribution is -0.129. The summed E-state index contributed by atoms with van der Waals surface area (Å²) >= 11 is 12.1. The van der Waals surface area contributed by atoms with Crippen molar-refractivity contribution < 1.29 is 13.9 Å². The van der Waals surface area contributed by atoms with Crippen LogP contribution in [0, 0.1) is 6.92 Å². The zero-order valence-corrected chi connectivity index (χ0v) is 15.7. The van der Waals surface area contributed by atoms with Crippen LogP contribution >= 0.6 is 23.2 Å². The fourth-order valence-corrected chi connectivity index (χ4v) is 3.13. The van der Waals surface area contributed by atoms with Crippen molar-refractivity contribution in [3.05, 3.63) is 87.2 Å². The van der Waals surface area contributed by atoms with Crippen LogP contribution < -0.4 is 0 Å². The van der Waals surface area contributed by atoms with Crippen LogP contribution in [0.5, 0.6) is 0 Å². The topological polar surface area (TPSA) is 51.8 Å². The minimum absolute atomic E-state index is 0.175. The molecular formula is C21H13Cl2NO3. The fraction of sp³-hybridized carbons (Fsp3) is 0.0476. The first-order valence-corrected chi connectivity index (χ1v) is 8.90. The maximum absolute atomic E-state index is 12.1. The molecule has 0 spiro atoms. The van der Waals surface area contributed by atoms with Crippen LogP contribution in [-0.2, 0) is 9.53 Å². The van der Waals surface area contributed by atoms with Gasteiger partial charge in [0.2, 0.25) is 5.90 Å². The quantitative estimate of drug-likeness (QED) is 0.407. The molecule has 0 saturated heterocycles. The summed E-state index contributed by atoms with van der Waals surface area (Å²) in [4.78, 5) is 16.4. The lowest BCUT2D eigenvalue weighted by Crippen LogP contribution is -2.05. The Morgan fingerprint density at radius 3 is 2.52 bits per heavy atom. The van der Waals surface area contributed by atoms with Crippen LogP contribution in [0.3, 0.4) is 0 Å². The molecular weight excluding hydrogens is 385 g/mol. The van der Waals surface area contributed by atoms with Gasteiger partial charge >= 0.3 is 5.97 Å². The van der Waals surface area contributed by atoms with Crippen LogP contribution in [0.1, 0.15) is 16.9 Å². The average Bonchev–Trinajstić information content (AvgIpc) is 3.23. The maximum Gasteiger partial charge on any atom is 0.363 e. The number of ether oxygens (including phenoxy) is 1. The van der Waals surface area contributed by atoms with Crippen molar-refractivity contribution in [1.82, 2.24) is 0 Å². The molecule has 27 heavy (non-hydrogen) atoms. The lowest BCUT2D eigenvalue weighted by atomic mass is 10.1. The van der Waals surface area contributed by atoms with E-state index in [1.165, 1.54) is 6.08 Å². The van der Waals surface area contributed by atoms with E-state index in [-0.39, 0.29) is 11.6 Å². The number of esters is 1. The molecule has 3 aromatic rings. The van der Waals surface area contributed by atoms with Gasteiger partial charge in [0.15, 0.2) is 5.70 Å². The van der Waals surface area contributed by atoms with Gasteiger partial charge in [0, 0.05) is 22.2 Å². The highest BCUT2D eigenvalue weighted by Crippen LogP contribution is 2.32. The second-order valence-corrected chi connectivity index (χ2v) is 6.87. The van der Waals surface area contributed by atoms with E-state index >= 15 is 0 Å². The van der Waals surface area contributed by atoms with E-state index < -0.39 is 5.97 Å². The van der Waals surface area contributed by atoms with E-state index in [2.05, 4.69) is 4.99 Å². The van der Waals surface area contributed by atoms with Gasteiger partial charge in [-0.1, -0.05) is 40.9 Å². The number of cyclic esters (lactones) is 1. The molecule has 1 aromatic heterocycles. The van der Waals surface area contributed by atoms with Gasteiger partial charge in [0.25, 0.3) is 0 Å². The number of aliphatic imine (C=N–C) groups is 1. The van der Waals surface area contributed by atoms with Crippen molar-refractivity contribution >= 4 is 41.1 Å². The lowest BCUT2D eigenvalue weighted by Gasteiger charge is -2.00. The van der Waals surface area contributed by atoms with Crippen LogP contribution in [0.15, 0.2) is 69.7 Å². The smallest absolute Gasteiger partial charge is 0.363 e. The summed E-state index contributed by atoms with van der Waals surface area (Å²) in [6.07, 6.45) is 1.54. The Hall–Kier alpha value is -2.82. The fourth-order valence-electron chi connectivity index (χ4n) is 2.63. The highest BCUT2D eigenvalue weighted by Gasteiger charge is 2.24. The SMILES string of the molecule is Cc1ccc(C2=N/C(=C\c3ccc(-c4ccc(Cl)cc4Cl)o3)C(=O)O2)cc1. The number of furan rings is 1. The van der Waals surface area contributed by atoms with Crippen molar-refractivity contribution in [1.29, 1.82) is 0 Å². The Kier molecular flexibility index (Phi) is 4.60.